The van der Waals surface area contributed by atoms with Gasteiger partial charge in [-0.1, -0.05) is 6.07 Å². The van der Waals surface area contributed by atoms with Crippen LogP contribution in [0.15, 0.2) is 41.3 Å². The number of hydrogen-bond donors (Lipinski definition) is 0. The summed E-state index contributed by atoms with van der Waals surface area (Å²) in [5.74, 6) is 1.22. The number of methoxy groups -OCH3 is 2. The highest BCUT2D eigenvalue weighted by Gasteiger charge is 2.32. The molecule has 3 rings (SSSR count). The molecule has 0 atom stereocenters. The second-order valence-corrected chi connectivity index (χ2v) is 9.62. The molecule has 0 radical (unpaired) electrons. The first-order valence-electron chi connectivity index (χ1n) is 10.4. The number of piperazine rings is 1. The van der Waals surface area contributed by atoms with Crippen LogP contribution in [0, 0.1) is 17.0 Å². The second kappa shape index (κ2) is 10.2. The van der Waals surface area contributed by atoms with Crippen LogP contribution < -0.4 is 9.47 Å². The Morgan fingerprint density at radius 1 is 1.03 bits per heavy atom. The molecule has 1 amide bonds. The number of carbonyl (C=O) groups is 1. The minimum atomic E-state index is -3.91. The van der Waals surface area contributed by atoms with Crippen LogP contribution >= 0.6 is 0 Å². The van der Waals surface area contributed by atoms with Crippen molar-refractivity contribution in [3.63, 3.8) is 0 Å². The van der Waals surface area contributed by atoms with Gasteiger partial charge in [-0.05, 0) is 36.6 Å². The van der Waals surface area contributed by atoms with Crippen molar-refractivity contribution in [1.29, 1.82) is 0 Å². The maximum atomic E-state index is 13.1. The molecule has 0 bridgehead atoms. The number of rotatable bonds is 8. The van der Waals surface area contributed by atoms with E-state index in [1.807, 2.05) is 12.1 Å². The van der Waals surface area contributed by atoms with Crippen LogP contribution in [-0.4, -0.2) is 68.9 Å². The van der Waals surface area contributed by atoms with Gasteiger partial charge in [0.05, 0.1) is 24.0 Å². The number of nitrogens with zero attached hydrogens (tertiary/aromatic N) is 3. The van der Waals surface area contributed by atoms with Gasteiger partial charge < -0.3 is 14.4 Å². The molecule has 178 valence electrons. The van der Waals surface area contributed by atoms with E-state index in [4.69, 9.17) is 9.47 Å². The molecule has 1 aliphatic rings. The van der Waals surface area contributed by atoms with E-state index < -0.39 is 14.9 Å². The number of nitro benzene ring substituents is 1. The van der Waals surface area contributed by atoms with Crippen molar-refractivity contribution >= 4 is 21.6 Å². The Bertz CT molecular complexity index is 1120. The van der Waals surface area contributed by atoms with Gasteiger partial charge in [-0.15, -0.1) is 0 Å². The lowest BCUT2D eigenvalue weighted by atomic mass is 10.1. The number of non-ortho nitro benzene ring substituents is 1. The van der Waals surface area contributed by atoms with Gasteiger partial charge in [0.1, 0.15) is 11.5 Å². The minimum Gasteiger partial charge on any atom is -0.497 e. The summed E-state index contributed by atoms with van der Waals surface area (Å²) >= 11 is 0. The highest BCUT2D eigenvalue weighted by atomic mass is 32.2. The first-order valence-corrected chi connectivity index (χ1v) is 11.8. The Morgan fingerprint density at radius 3 is 2.18 bits per heavy atom. The van der Waals surface area contributed by atoms with E-state index in [0.29, 0.717) is 23.5 Å². The molecule has 0 aliphatic carbocycles. The number of amides is 1. The van der Waals surface area contributed by atoms with E-state index in [-0.39, 0.29) is 49.1 Å². The highest BCUT2D eigenvalue weighted by molar-refractivity contribution is 7.89. The normalized spacial score (nSPS) is 14.7. The third-order valence-electron chi connectivity index (χ3n) is 5.63. The first-order chi connectivity index (χ1) is 15.6. The first kappa shape index (κ1) is 24.5. The topological polar surface area (TPSA) is 119 Å². The van der Waals surface area contributed by atoms with Gasteiger partial charge in [0.2, 0.25) is 15.9 Å². The third-order valence-corrected chi connectivity index (χ3v) is 7.67. The SMILES string of the molecule is COc1cc(CCC(=O)N2CCN(S(=O)(=O)c3cc([N+](=O)[O-])ccc3C)CC2)cc(OC)c1. The lowest BCUT2D eigenvalue weighted by Gasteiger charge is -2.34. The summed E-state index contributed by atoms with van der Waals surface area (Å²) < 4.78 is 37.9. The Morgan fingerprint density at radius 2 is 1.64 bits per heavy atom. The van der Waals surface area contributed by atoms with Crippen molar-refractivity contribution < 1.29 is 27.6 Å². The number of hydrogen-bond acceptors (Lipinski definition) is 7. The molecule has 0 unspecified atom stereocenters. The predicted octanol–water partition coefficient (Wildman–Crippen LogP) is 2.39. The number of benzene rings is 2. The van der Waals surface area contributed by atoms with Crippen molar-refractivity contribution in [3.8, 4) is 11.5 Å². The number of carbonyl (C=O) groups excluding carboxylic acids is 1. The van der Waals surface area contributed by atoms with Crippen LogP contribution in [0.3, 0.4) is 0 Å². The summed E-state index contributed by atoms with van der Waals surface area (Å²) in [6.45, 7) is 2.37. The van der Waals surface area contributed by atoms with E-state index in [2.05, 4.69) is 0 Å². The Hall–Kier alpha value is -3.18. The number of ether oxygens (including phenoxy) is 2. The maximum Gasteiger partial charge on any atom is 0.270 e. The van der Waals surface area contributed by atoms with Crippen molar-refractivity contribution in [2.24, 2.45) is 0 Å². The zero-order valence-corrected chi connectivity index (χ0v) is 19.6. The molecule has 1 heterocycles. The second-order valence-electron chi connectivity index (χ2n) is 7.71. The lowest BCUT2D eigenvalue weighted by molar-refractivity contribution is -0.385. The van der Waals surface area contributed by atoms with E-state index in [0.717, 1.165) is 11.6 Å². The van der Waals surface area contributed by atoms with Gasteiger partial charge in [0, 0.05) is 50.8 Å². The van der Waals surface area contributed by atoms with Crippen LogP contribution in [0.5, 0.6) is 11.5 Å². The van der Waals surface area contributed by atoms with Gasteiger partial charge in [0.15, 0.2) is 0 Å². The molecule has 2 aromatic carbocycles. The fourth-order valence-electron chi connectivity index (χ4n) is 3.72. The lowest BCUT2D eigenvalue weighted by Crippen LogP contribution is -2.50. The molecule has 2 aromatic rings. The average Bonchev–Trinajstić information content (AvgIpc) is 2.82. The molecule has 1 saturated heterocycles. The largest absolute Gasteiger partial charge is 0.497 e. The van der Waals surface area contributed by atoms with Gasteiger partial charge in [-0.25, -0.2) is 8.42 Å². The van der Waals surface area contributed by atoms with Gasteiger partial charge >= 0.3 is 0 Å². The summed E-state index contributed by atoms with van der Waals surface area (Å²) in [6.07, 6.45) is 0.769. The fourth-order valence-corrected chi connectivity index (χ4v) is 5.38. The molecule has 1 aliphatic heterocycles. The minimum absolute atomic E-state index is 0.0691. The van der Waals surface area contributed by atoms with E-state index in [1.165, 1.54) is 16.4 Å². The molecule has 33 heavy (non-hydrogen) atoms. The summed E-state index contributed by atoms with van der Waals surface area (Å²) in [6, 6.07) is 9.25. The summed E-state index contributed by atoms with van der Waals surface area (Å²) in [5, 5.41) is 11.1. The van der Waals surface area contributed by atoms with Gasteiger partial charge in [-0.2, -0.15) is 4.31 Å². The smallest absolute Gasteiger partial charge is 0.270 e. The van der Waals surface area contributed by atoms with E-state index in [9.17, 15) is 23.3 Å². The summed E-state index contributed by atoms with van der Waals surface area (Å²) in [7, 11) is -0.782. The molecular weight excluding hydrogens is 450 g/mol. The average molecular weight is 478 g/mol. The van der Waals surface area contributed by atoms with Crippen molar-refractivity contribution in [3.05, 3.63) is 57.6 Å². The standard InChI is InChI=1S/C22H27N3O7S/c1-16-4-6-18(25(27)28)14-21(16)33(29,30)24-10-8-23(9-11-24)22(26)7-5-17-12-19(31-2)15-20(13-17)32-3/h4,6,12-15H,5,7-11H2,1-3H3. The highest BCUT2D eigenvalue weighted by Crippen LogP contribution is 2.26. The number of sulfonamides is 1. The van der Waals surface area contributed by atoms with Crippen molar-refractivity contribution in [2.75, 3.05) is 40.4 Å². The zero-order chi connectivity index (χ0) is 24.2. The Labute approximate surface area is 192 Å². The third kappa shape index (κ3) is 5.60. The summed E-state index contributed by atoms with van der Waals surface area (Å²) in [4.78, 5) is 24.7. The monoisotopic (exact) mass is 477 g/mol. The number of nitro groups is 1. The van der Waals surface area contributed by atoms with E-state index in [1.54, 1.807) is 32.1 Å². The Kier molecular flexibility index (Phi) is 7.54. The molecule has 0 aromatic heterocycles. The van der Waals surface area contributed by atoms with Crippen LogP contribution in [0.4, 0.5) is 5.69 Å². The molecular formula is C22H27N3O7S. The molecule has 0 saturated carbocycles. The molecule has 1 fully saturated rings. The zero-order valence-electron chi connectivity index (χ0n) is 18.8. The fraction of sp³-hybridized carbons (Fsp3) is 0.409. The molecule has 11 heteroatoms. The quantitative estimate of drug-likeness (QED) is 0.423. The van der Waals surface area contributed by atoms with Crippen molar-refractivity contribution in [1.82, 2.24) is 9.21 Å². The van der Waals surface area contributed by atoms with Crippen LogP contribution in [0.1, 0.15) is 17.5 Å². The number of aryl methyl sites for hydroxylation is 2. The molecule has 0 N–H and O–H groups in total. The molecule has 0 spiro atoms. The van der Waals surface area contributed by atoms with Gasteiger partial charge in [-0.3, -0.25) is 14.9 Å². The predicted molar refractivity (Wildman–Crippen MR) is 121 cm³/mol. The van der Waals surface area contributed by atoms with Crippen molar-refractivity contribution in [2.45, 2.75) is 24.7 Å². The maximum absolute atomic E-state index is 13.1. The van der Waals surface area contributed by atoms with Crippen LogP contribution in [-0.2, 0) is 21.2 Å². The Balaban J connectivity index is 1.62. The van der Waals surface area contributed by atoms with Gasteiger partial charge in [0.25, 0.3) is 5.69 Å². The molecule has 10 nitrogen and oxygen atoms in total. The summed E-state index contributed by atoms with van der Waals surface area (Å²) in [5.41, 5.74) is 1.07. The van der Waals surface area contributed by atoms with Crippen LogP contribution in [0.25, 0.3) is 0 Å². The van der Waals surface area contributed by atoms with E-state index >= 15 is 0 Å². The van der Waals surface area contributed by atoms with Crippen LogP contribution in [0.2, 0.25) is 0 Å².